The molecule has 1 saturated heterocycles. The Morgan fingerprint density at radius 1 is 1.08 bits per heavy atom. The first-order valence-electron chi connectivity index (χ1n) is 9.69. The zero-order valence-electron chi connectivity index (χ0n) is 15.5. The van der Waals surface area contributed by atoms with Gasteiger partial charge in [0.15, 0.2) is 0 Å². The van der Waals surface area contributed by atoms with E-state index in [0.29, 0.717) is 11.8 Å². The van der Waals surface area contributed by atoms with Crippen molar-refractivity contribution in [3.8, 4) is 0 Å². The van der Waals surface area contributed by atoms with E-state index in [1.165, 1.54) is 19.8 Å². The standard InChI is InChI=1S/C21H30N2O2/c1-16-7-6-14-23(15-16)20(25)21(12-4-3-5-13-21)18-8-10-19(11-9-18)22-17(2)24/h8-11,16H,3-7,12-15H2,1-2H3,(H,22,24)/t16-/m0/s1. The Balaban J connectivity index is 1.87. The number of nitrogens with one attached hydrogen (secondary N) is 1. The molecule has 1 atom stereocenters. The molecule has 1 heterocycles. The molecule has 1 saturated carbocycles. The van der Waals surface area contributed by atoms with Crippen molar-refractivity contribution < 1.29 is 9.59 Å². The minimum atomic E-state index is -0.371. The van der Waals surface area contributed by atoms with Crippen molar-refractivity contribution in [1.82, 2.24) is 4.90 Å². The maximum Gasteiger partial charge on any atom is 0.233 e. The Bertz CT molecular complexity index is 617. The molecule has 1 N–H and O–H groups in total. The normalized spacial score (nSPS) is 23.1. The molecule has 1 aromatic carbocycles. The number of carbonyl (C=O) groups is 2. The highest BCUT2D eigenvalue weighted by Gasteiger charge is 2.44. The van der Waals surface area contributed by atoms with E-state index in [4.69, 9.17) is 0 Å². The molecule has 136 valence electrons. The molecular formula is C21H30N2O2. The average molecular weight is 342 g/mol. The average Bonchev–Trinajstić information content (AvgIpc) is 2.62. The van der Waals surface area contributed by atoms with Crippen LogP contribution in [0.25, 0.3) is 0 Å². The molecule has 0 radical (unpaired) electrons. The van der Waals surface area contributed by atoms with Gasteiger partial charge in [0.2, 0.25) is 11.8 Å². The molecule has 3 rings (SSSR count). The third-order valence-corrected chi connectivity index (χ3v) is 5.82. The van der Waals surface area contributed by atoms with Crippen molar-refractivity contribution in [2.45, 2.75) is 64.2 Å². The molecule has 2 aliphatic rings. The highest BCUT2D eigenvalue weighted by molar-refractivity contribution is 5.90. The van der Waals surface area contributed by atoms with Crippen LogP contribution in [0.15, 0.2) is 24.3 Å². The van der Waals surface area contributed by atoms with E-state index in [0.717, 1.165) is 56.4 Å². The van der Waals surface area contributed by atoms with Gasteiger partial charge in [-0.3, -0.25) is 9.59 Å². The lowest BCUT2D eigenvalue weighted by Crippen LogP contribution is -2.51. The summed E-state index contributed by atoms with van der Waals surface area (Å²) in [7, 11) is 0. The SMILES string of the molecule is CC(=O)Nc1ccc(C2(C(=O)N3CCC[C@H](C)C3)CCCCC2)cc1. The van der Waals surface area contributed by atoms with Gasteiger partial charge in [-0.15, -0.1) is 0 Å². The summed E-state index contributed by atoms with van der Waals surface area (Å²) in [4.78, 5) is 26.9. The molecule has 2 fully saturated rings. The second-order valence-corrected chi connectivity index (χ2v) is 7.90. The van der Waals surface area contributed by atoms with Crippen molar-refractivity contribution >= 4 is 17.5 Å². The summed E-state index contributed by atoms with van der Waals surface area (Å²) >= 11 is 0. The summed E-state index contributed by atoms with van der Waals surface area (Å²) in [6.45, 7) is 5.55. The lowest BCUT2D eigenvalue weighted by molar-refractivity contribution is -0.140. The van der Waals surface area contributed by atoms with E-state index >= 15 is 0 Å². The number of piperidine rings is 1. The maximum absolute atomic E-state index is 13.5. The Kier molecular flexibility index (Phi) is 5.45. The van der Waals surface area contributed by atoms with Gasteiger partial charge in [-0.25, -0.2) is 0 Å². The second-order valence-electron chi connectivity index (χ2n) is 7.90. The van der Waals surface area contributed by atoms with Crippen LogP contribution >= 0.6 is 0 Å². The molecule has 1 aromatic rings. The van der Waals surface area contributed by atoms with E-state index in [1.54, 1.807) is 0 Å². The van der Waals surface area contributed by atoms with Crippen LogP contribution in [-0.4, -0.2) is 29.8 Å². The van der Waals surface area contributed by atoms with Crippen molar-refractivity contribution in [2.75, 3.05) is 18.4 Å². The summed E-state index contributed by atoms with van der Waals surface area (Å²) in [6.07, 6.45) is 7.67. The number of carbonyl (C=O) groups excluding carboxylic acids is 2. The molecule has 1 aliphatic carbocycles. The highest BCUT2D eigenvalue weighted by atomic mass is 16.2. The van der Waals surface area contributed by atoms with Crippen molar-refractivity contribution in [2.24, 2.45) is 5.92 Å². The summed E-state index contributed by atoms with van der Waals surface area (Å²) in [5.41, 5.74) is 1.54. The van der Waals surface area contributed by atoms with Gasteiger partial charge < -0.3 is 10.2 Å². The summed E-state index contributed by atoms with van der Waals surface area (Å²) in [6, 6.07) is 7.95. The van der Waals surface area contributed by atoms with E-state index in [9.17, 15) is 9.59 Å². The van der Waals surface area contributed by atoms with Crippen LogP contribution in [0.4, 0.5) is 5.69 Å². The van der Waals surface area contributed by atoms with Crippen LogP contribution in [0, 0.1) is 5.92 Å². The lowest BCUT2D eigenvalue weighted by Gasteiger charge is -2.42. The van der Waals surface area contributed by atoms with Crippen molar-refractivity contribution in [3.05, 3.63) is 29.8 Å². The zero-order chi connectivity index (χ0) is 17.9. The van der Waals surface area contributed by atoms with E-state index in [2.05, 4.69) is 17.1 Å². The molecule has 1 aliphatic heterocycles. The summed E-state index contributed by atoms with van der Waals surface area (Å²) in [5.74, 6) is 0.852. The van der Waals surface area contributed by atoms with Gasteiger partial charge in [0, 0.05) is 25.7 Å². The molecule has 0 aromatic heterocycles. The van der Waals surface area contributed by atoms with E-state index in [1.807, 2.05) is 24.3 Å². The molecule has 4 heteroatoms. The molecule has 4 nitrogen and oxygen atoms in total. The van der Waals surface area contributed by atoms with Crippen LogP contribution in [0.5, 0.6) is 0 Å². The first-order valence-corrected chi connectivity index (χ1v) is 9.69. The number of hydrogen-bond donors (Lipinski definition) is 1. The number of benzene rings is 1. The van der Waals surface area contributed by atoms with Crippen molar-refractivity contribution in [1.29, 1.82) is 0 Å². The Labute approximate surface area is 151 Å². The number of rotatable bonds is 3. The molecule has 0 bridgehead atoms. The largest absolute Gasteiger partial charge is 0.342 e. The van der Waals surface area contributed by atoms with Gasteiger partial charge >= 0.3 is 0 Å². The topological polar surface area (TPSA) is 49.4 Å². The molecule has 0 spiro atoms. The quantitative estimate of drug-likeness (QED) is 0.899. The summed E-state index contributed by atoms with van der Waals surface area (Å²) < 4.78 is 0. The Morgan fingerprint density at radius 2 is 1.76 bits per heavy atom. The first-order chi connectivity index (χ1) is 12.0. The highest BCUT2D eigenvalue weighted by Crippen LogP contribution is 2.42. The van der Waals surface area contributed by atoms with Crippen LogP contribution in [-0.2, 0) is 15.0 Å². The number of likely N-dealkylation sites (tertiary alicyclic amines) is 1. The van der Waals surface area contributed by atoms with Crippen LogP contribution in [0.2, 0.25) is 0 Å². The predicted octanol–water partition coefficient (Wildman–Crippen LogP) is 4.11. The number of anilines is 1. The smallest absolute Gasteiger partial charge is 0.233 e. The van der Waals surface area contributed by atoms with Gasteiger partial charge in [0.05, 0.1) is 5.41 Å². The minimum absolute atomic E-state index is 0.0708. The molecule has 25 heavy (non-hydrogen) atoms. The fraction of sp³-hybridized carbons (Fsp3) is 0.619. The van der Waals surface area contributed by atoms with E-state index in [-0.39, 0.29) is 11.3 Å². The van der Waals surface area contributed by atoms with Gasteiger partial charge in [-0.05, 0) is 49.3 Å². The van der Waals surface area contributed by atoms with Crippen molar-refractivity contribution in [3.63, 3.8) is 0 Å². The third kappa shape index (κ3) is 3.88. The lowest BCUT2D eigenvalue weighted by atomic mass is 9.68. The number of amides is 2. The predicted molar refractivity (Wildman–Crippen MR) is 100 cm³/mol. The van der Waals surface area contributed by atoms with Crippen LogP contribution in [0.1, 0.15) is 64.4 Å². The fourth-order valence-corrected chi connectivity index (χ4v) is 4.53. The monoisotopic (exact) mass is 342 g/mol. The molecule has 0 unspecified atom stereocenters. The zero-order valence-corrected chi connectivity index (χ0v) is 15.5. The molecular weight excluding hydrogens is 312 g/mol. The second kappa shape index (κ2) is 7.59. The summed E-state index contributed by atoms with van der Waals surface area (Å²) in [5, 5.41) is 2.81. The minimum Gasteiger partial charge on any atom is -0.342 e. The maximum atomic E-state index is 13.5. The van der Waals surface area contributed by atoms with Gasteiger partial charge in [0.25, 0.3) is 0 Å². The first kappa shape index (κ1) is 18.0. The Hall–Kier alpha value is -1.84. The van der Waals surface area contributed by atoms with Gasteiger partial charge in [-0.2, -0.15) is 0 Å². The third-order valence-electron chi connectivity index (χ3n) is 5.82. The van der Waals surface area contributed by atoms with Gasteiger partial charge in [-0.1, -0.05) is 38.3 Å². The van der Waals surface area contributed by atoms with Gasteiger partial charge in [0.1, 0.15) is 0 Å². The van der Waals surface area contributed by atoms with Crippen LogP contribution in [0.3, 0.4) is 0 Å². The molecule has 2 amide bonds. The number of nitrogens with zero attached hydrogens (tertiary/aromatic N) is 1. The number of hydrogen-bond acceptors (Lipinski definition) is 2. The van der Waals surface area contributed by atoms with E-state index < -0.39 is 0 Å². The fourth-order valence-electron chi connectivity index (χ4n) is 4.53. The van der Waals surface area contributed by atoms with Crippen LogP contribution < -0.4 is 5.32 Å². The Morgan fingerprint density at radius 3 is 2.36 bits per heavy atom.